The van der Waals surface area contributed by atoms with Crippen LogP contribution >= 0.6 is 0 Å². The van der Waals surface area contributed by atoms with E-state index in [9.17, 15) is 0 Å². The average molecular weight is 382 g/mol. The maximum absolute atomic E-state index is 5.56. The van der Waals surface area contributed by atoms with E-state index in [1.807, 2.05) is 72.2 Å². The average Bonchev–Trinajstić information content (AvgIpc) is 3.16. The number of nitrogens with zero attached hydrogens (tertiary/aromatic N) is 4. The quantitative estimate of drug-likeness (QED) is 0.420. The van der Waals surface area contributed by atoms with Crippen molar-refractivity contribution in [3.05, 3.63) is 96.2 Å². The Balaban J connectivity index is 1.78. The normalized spacial score (nSPS) is 11.2. The summed E-state index contributed by atoms with van der Waals surface area (Å²) < 4.78 is 7.58. The van der Waals surface area contributed by atoms with E-state index in [4.69, 9.17) is 9.72 Å². The highest BCUT2D eigenvalue weighted by Crippen LogP contribution is 2.21. The highest BCUT2D eigenvalue weighted by atomic mass is 16.5. The summed E-state index contributed by atoms with van der Waals surface area (Å²) in [4.78, 5) is 13.9. The minimum atomic E-state index is 0.455. The summed E-state index contributed by atoms with van der Waals surface area (Å²) in [5.41, 5.74) is 4.51. The van der Waals surface area contributed by atoms with Gasteiger partial charge in [-0.1, -0.05) is 73.3 Å². The first-order valence-corrected chi connectivity index (χ1v) is 9.56. The Bertz CT molecular complexity index is 1150. The minimum absolute atomic E-state index is 0.455. The van der Waals surface area contributed by atoms with Crippen LogP contribution in [0.4, 0.5) is 0 Å². The van der Waals surface area contributed by atoms with Crippen LogP contribution in [0.3, 0.4) is 0 Å². The highest BCUT2D eigenvalue weighted by Gasteiger charge is 2.14. The number of hydrogen-bond acceptors (Lipinski definition) is 4. The van der Waals surface area contributed by atoms with Crippen molar-refractivity contribution in [3.8, 4) is 0 Å². The summed E-state index contributed by atoms with van der Waals surface area (Å²) in [6, 6.07) is 20.3. The molecule has 4 aromatic rings. The zero-order valence-corrected chi connectivity index (χ0v) is 16.3. The first-order chi connectivity index (χ1) is 14.2. The van der Waals surface area contributed by atoms with Gasteiger partial charge in [0.25, 0.3) is 0 Å². The smallest absolute Gasteiger partial charge is 0.197 e. The lowest BCUT2D eigenvalue weighted by atomic mass is 10.2. The van der Waals surface area contributed by atoms with Crippen molar-refractivity contribution < 1.29 is 4.74 Å². The molecule has 0 fully saturated rings. The van der Waals surface area contributed by atoms with Crippen LogP contribution in [0.5, 0.6) is 0 Å². The van der Waals surface area contributed by atoms with Crippen LogP contribution < -0.4 is 0 Å². The maximum atomic E-state index is 5.56. The van der Waals surface area contributed by atoms with Gasteiger partial charge in [-0.3, -0.25) is 0 Å². The van der Waals surface area contributed by atoms with Crippen LogP contribution in [-0.2, 0) is 11.3 Å². The fourth-order valence-electron chi connectivity index (χ4n) is 3.08. The molecule has 0 N–H and O–H groups in total. The first-order valence-electron chi connectivity index (χ1n) is 9.56. The third-order valence-corrected chi connectivity index (χ3v) is 4.49. The van der Waals surface area contributed by atoms with Crippen molar-refractivity contribution in [1.29, 1.82) is 0 Å². The molecular weight excluding hydrogens is 360 g/mol. The second-order valence-corrected chi connectivity index (χ2v) is 6.56. The second-order valence-electron chi connectivity index (χ2n) is 6.56. The molecule has 5 nitrogen and oxygen atoms in total. The molecule has 0 aliphatic carbocycles. The Morgan fingerprint density at radius 3 is 2.45 bits per heavy atom. The topological polar surface area (TPSA) is 52.8 Å². The molecule has 0 bridgehead atoms. The van der Waals surface area contributed by atoms with Crippen molar-refractivity contribution in [1.82, 2.24) is 19.5 Å². The largest absolute Gasteiger partial charge is 0.491 e. The molecule has 0 radical (unpaired) electrons. The molecule has 2 aromatic heterocycles. The molecule has 29 heavy (non-hydrogen) atoms. The summed E-state index contributed by atoms with van der Waals surface area (Å²) in [5.74, 6) is 0.929. The first kappa shape index (κ1) is 18.6. The van der Waals surface area contributed by atoms with Crippen LogP contribution in [0.15, 0.2) is 73.6 Å². The summed E-state index contributed by atoms with van der Waals surface area (Å²) in [7, 11) is 0. The van der Waals surface area contributed by atoms with Gasteiger partial charge >= 0.3 is 0 Å². The number of fused-ring (bicyclic) bond motifs is 1. The van der Waals surface area contributed by atoms with Crippen LogP contribution in [0.25, 0.3) is 29.1 Å². The van der Waals surface area contributed by atoms with Gasteiger partial charge in [-0.05, 0) is 24.1 Å². The Morgan fingerprint density at radius 2 is 1.72 bits per heavy atom. The Hall–Kier alpha value is -3.73. The van der Waals surface area contributed by atoms with Gasteiger partial charge < -0.3 is 9.30 Å². The van der Waals surface area contributed by atoms with Crippen LogP contribution in [0.1, 0.15) is 29.6 Å². The van der Waals surface area contributed by atoms with E-state index in [1.165, 1.54) is 5.56 Å². The molecule has 0 saturated heterocycles. The monoisotopic (exact) mass is 382 g/mol. The third-order valence-electron chi connectivity index (χ3n) is 4.49. The van der Waals surface area contributed by atoms with Crippen molar-refractivity contribution in [3.63, 3.8) is 0 Å². The number of benzene rings is 2. The van der Waals surface area contributed by atoms with E-state index >= 15 is 0 Å². The Labute approximate surface area is 170 Å². The van der Waals surface area contributed by atoms with Gasteiger partial charge in [0, 0.05) is 0 Å². The number of hydrogen-bond donors (Lipinski definition) is 0. The van der Waals surface area contributed by atoms with E-state index in [2.05, 4.69) is 28.7 Å². The zero-order chi connectivity index (χ0) is 20.1. The Kier molecular flexibility index (Phi) is 5.47. The Morgan fingerprint density at radius 1 is 1.00 bits per heavy atom. The maximum Gasteiger partial charge on any atom is 0.197 e. The predicted octanol–water partition coefficient (Wildman–Crippen LogP) is 5.05. The van der Waals surface area contributed by atoms with Gasteiger partial charge in [0.05, 0.1) is 25.2 Å². The van der Waals surface area contributed by atoms with Crippen molar-refractivity contribution in [2.24, 2.45) is 0 Å². The molecule has 144 valence electrons. The van der Waals surface area contributed by atoms with Gasteiger partial charge in [0.15, 0.2) is 17.2 Å². The number of rotatable bonds is 7. The fourth-order valence-corrected chi connectivity index (χ4v) is 3.08. The predicted molar refractivity (Wildman–Crippen MR) is 117 cm³/mol. The molecule has 2 aromatic carbocycles. The lowest BCUT2D eigenvalue weighted by Gasteiger charge is -2.09. The van der Waals surface area contributed by atoms with Gasteiger partial charge in [-0.25, -0.2) is 15.0 Å². The molecule has 0 aliphatic rings. The molecule has 0 spiro atoms. The molecule has 0 amide bonds. The highest BCUT2D eigenvalue weighted by molar-refractivity contribution is 5.85. The molecule has 0 aliphatic heterocycles. The number of aromatic nitrogens is 4. The van der Waals surface area contributed by atoms with Crippen molar-refractivity contribution >= 4 is 29.1 Å². The molecule has 0 saturated carbocycles. The van der Waals surface area contributed by atoms with Crippen molar-refractivity contribution in [2.75, 3.05) is 6.61 Å². The lowest BCUT2D eigenvalue weighted by molar-refractivity contribution is 0.296. The molecule has 5 heteroatoms. The van der Waals surface area contributed by atoms with Crippen LogP contribution in [0.2, 0.25) is 0 Å². The number of ether oxygens (including phenoxy) is 1. The zero-order valence-electron chi connectivity index (χ0n) is 16.3. The minimum Gasteiger partial charge on any atom is -0.491 e. The van der Waals surface area contributed by atoms with Gasteiger partial charge in [0.1, 0.15) is 5.52 Å². The molecule has 0 atom stereocenters. The fraction of sp³-hybridized carbons (Fsp3) is 0.125. The van der Waals surface area contributed by atoms with Crippen LogP contribution in [-0.4, -0.2) is 26.1 Å². The van der Waals surface area contributed by atoms with E-state index in [1.54, 1.807) is 6.33 Å². The standard InChI is InChI=1S/C24H22N4O/c1-3-29-18(2)23-26-21(15-14-19-10-6-4-7-11-19)22-24(27-23)28(17-25-22)16-20-12-8-5-9-13-20/h4-15,17H,2-3,16H2,1H3/b15-14+. The second kappa shape index (κ2) is 8.52. The summed E-state index contributed by atoms with van der Waals surface area (Å²) >= 11 is 0. The summed E-state index contributed by atoms with van der Waals surface area (Å²) in [6.07, 6.45) is 5.78. The molecular formula is C24H22N4O. The van der Waals surface area contributed by atoms with Crippen LogP contribution in [0, 0.1) is 0 Å². The SMILES string of the molecule is C=C(OCC)c1nc(/C=C/c2ccccc2)c2ncn(Cc3ccccc3)c2n1. The third kappa shape index (κ3) is 4.24. The summed E-state index contributed by atoms with van der Waals surface area (Å²) in [6.45, 7) is 7.08. The van der Waals surface area contributed by atoms with Gasteiger partial charge in [-0.2, -0.15) is 0 Å². The molecule has 2 heterocycles. The van der Waals surface area contributed by atoms with Crippen molar-refractivity contribution in [2.45, 2.75) is 13.5 Å². The van der Waals surface area contributed by atoms with E-state index in [-0.39, 0.29) is 0 Å². The molecule has 0 unspecified atom stereocenters. The van der Waals surface area contributed by atoms with E-state index in [0.29, 0.717) is 24.7 Å². The number of imidazole rings is 1. The molecule has 4 rings (SSSR count). The van der Waals surface area contributed by atoms with Gasteiger partial charge in [0.2, 0.25) is 0 Å². The summed E-state index contributed by atoms with van der Waals surface area (Å²) in [5, 5.41) is 0. The lowest BCUT2D eigenvalue weighted by Crippen LogP contribution is -2.04. The van der Waals surface area contributed by atoms with E-state index < -0.39 is 0 Å². The van der Waals surface area contributed by atoms with Gasteiger partial charge in [-0.15, -0.1) is 0 Å². The van der Waals surface area contributed by atoms with E-state index in [0.717, 1.165) is 22.4 Å².